The minimum atomic E-state index is -0.565. The van der Waals surface area contributed by atoms with Crippen LogP contribution in [0.4, 0.5) is 26.4 Å². The van der Waals surface area contributed by atoms with Crippen LogP contribution in [0.2, 0.25) is 0 Å². The summed E-state index contributed by atoms with van der Waals surface area (Å²) in [5.41, 5.74) is 10.7. The zero-order valence-corrected chi connectivity index (χ0v) is 19.3. The first-order valence-corrected chi connectivity index (χ1v) is 11.1. The van der Waals surface area contributed by atoms with Crippen molar-refractivity contribution in [2.45, 2.75) is 26.7 Å². The van der Waals surface area contributed by atoms with E-state index in [0.717, 1.165) is 22.3 Å². The van der Waals surface area contributed by atoms with Crippen molar-refractivity contribution < 1.29 is 18.7 Å². The van der Waals surface area contributed by atoms with Crippen molar-refractivity contribution in [2.75, 3.05) is 23.0 Å². The van der Waals surface area contributed by atoms with Crippen LogP contribution in [0.5, 0.6) is 0 Å². The number of rotatable bonds is 7. The lowest BCUT2D eigenvalue weighted by Crippen LogP contribution is -2.20. The largest absolute Gasteiger partial charge is 0.466 e. The zero-order valence-electron chi connectivity index (χ0n) is 19.3. The summed E-state index contributed by atoms with van der Waals surface area (Å²) in [6.45, 7) is 3.89. The molecule has 2 aromatic carbocycles. The Bertz CT molecular complexity index is 1380. The molecule has 0 saturated heterocycles. The number of carbonyl (C=O) groups excluding carboxylic acids is 2. The first kappa shape index (κ1) is 23.7. The van der Waals surface area contributed by atoms with Crippen molar-refractivity contribution in [2.24, 2.45) is 0 Å². The number of aryl methyl sites for hydroxylation is 2. The van der Waals surface area contributed by atoms with Crippen LogP contribution in [0.15, 0.2) is 55.0 Å². The number of benzene rings is 2. The maximum Gasteiger partial charge on any atom is 0.323 e. The molecule has 0 spiro atoms. The van der Waals surface area contributed by atoms with Crippen LogP contribution in [0.3, 0.4) is 0 Å². The van der Waals surface area contributed by atoms with E-state index in [2.05, 4.69) is 20.7 Å². The van der Waals surface area contributed by atoms with Gasteiger partial charge >= 0.3 is 12.0 Å². The molecule has 0 aliphatic carbocycles. The Labute approximate surface area is 201 Å². The van der Waals surface area contributed by atoms with Crippen molar-refractivity contribution in [3.05, 3.63) is 71.9 Å². The Morgan fingerprint density at radius 3 is 2.66 bits per heavy atom. The number of nitrogens with zero attached hydrogens (tertiary/aromatic N) is 3. The summed E-state index contributed by atoms with van der Waals surface area (Å²) in [6, 6.07) is 11.0. The van der Waals surface area contributed by atoms with Crippen LogP contribution in [-0.2, 0) is 16.0 Å². The minimum absolute atomic E-state index is 0.0983. The van der Waals surface area contributed by atoms with Gasteiger partial charge in [0.15, 0.2) is 5.82 Å². The highest BCUT2D eigenvalue weighted by molar-refractivity contribution is 6.00. The number of aromatic nitrogens is 3. The van der Waals surface area contributed by atoms with Gasteiger partial charge in [0, 0.05) is 23.9 Å². The summed E-state index contributed by atoms with van der Waals surface area (Å²) in [4.78, 5) is 28.4. The highest BCUT2D eigenvalue weighted by Crippen LogP contribution is 2.33. The lowest BCUT2D eigenvalue weighted by Gasteiger charge is -2.11. The van der Waals surface area contributed by atoms with Gasteiger partial charge in [0.05, 0.1) is 12.3 Å². The number of anilines is 3. The fraction of sp³-hybridized carbons (Fsp3) is 0.200. The van der Waals surface area contributed by atoms with E-state index in [1.165, 1.54) is 12.4 Å². The molecule has 0 aliphatic heterocycles. The molecule has 4 N–H and O–H groups in total. The molecule has 0 atom stereocenters. The molecule has 2 amide bonds. The number of hydrogen-bond donors (Lipinski definition) is 3. The van der Waals surface area contributed by atoms with Gasteiger partial charge in [-0.1, -0.05) is 18.2 Å². The number of ether oxygens (including phenoxy) is 1. The average Bonchev–Trinajstić information content (AvgIpc) is 3.20. The lowest BCUT2D eigenvalue weighted by atomic mass is 9.99. The number of nitrogens with two attached hydrogens (primary N) is 1. The number of amides is 2. The number of nitrogens with one attached hydrogen (secondary N) is 2. The molecular formula is C25H25FN6O3. The SMILES string of the molecule is CCOC(=O)CCc1cn2ncnc(N)c2c1-c1ccc(NC(=O)Nc2cc(C)ccc2F)cc1. The third kappa shape index (κ3) is 5.37. The van der Waals surface area contributed by atoms with E-state index >= 15 is 0 Å². The molecule has 35 heavy (non-hydrogen) atoms. The molecule has 2 aromatic heterocycles. The maximum absolute atomic E-state index is 13.9. The van der Waals surface area contributed by atoms with Crippen LogP contribution in [-0.4, -0.2) is 33.2 Å². The second-order valence-corrected chi connectivity index (χ2v) is 7.91. The van der Waals surface area contributed by atoms with Gasteiger partial charge < -0.3 is 21.1 Å². The van der Waals surface area contributed by atoms with E-state index in [0.29, 0.717) is 30.0 Å². The molecule has 9 nitrogen and oxygen atoms in total. The Kier molecular flexibility index (Phi) is 6.91. The third-order valence-electron chi connectivity index (χ3n) is 5.39. The molecule has 10 heteroatoms. The highest BCUT2D eigenvalue weighted by Gasteiger charge is 2.18. The molecule has 4 rings (SSSR count). The van der Waals surface area contributed by atoms with E-state index < -0.39 is 11.8 Å². The van der Waals surface area contributed by atoms with Crippen molar-refractivity contribution in [3.8, 4) is 11.1 Å². The Morgan fingerprint density at radius 1 is 1.14 bits per heavy atom. The molecule has 4 aromatic rings. The minimum Gasteiger partial charge on any atom is -0.466 e. The molecule has 0 radical (unpaired) electrons. The predicted molar refractivity (Wildman–Crippen MR) is 132 cm³/mol. The Hall–Kier alpha value is -4.47. The van der Waals surface area contributed by atoms with E-state index in [-0.39, 0.29) is 18.1 Å². The van der Waals surface area contributed by atoms with Crippen LogP contribution in [0.25, 0.3) is 16.6 Å². The van der Waals surface area contributed by atoms with Crippen LogP contribution in [0, 0.1) is 12.7 Å². The molecular weight excluding hydrogens is 451 g/mol. The summed E-state index contributed by atoms with van der Waals surface area (Å²) in [5, 5.41) is 9.45. The number of carbonyl (C=O) groups is 2. The van der Waals surface area contributed by atoms with E-state index in [1.807, 2.05) is 25.3 Å². The number of esters is 1. The lowest BCUT2D eigenvalue weighted by molar-refractivity contribution is -0.143. The number of hydrogen-bond acceptors (Lipinski definition) is 6. The van der Waals surface area contributed by atoms with Gasteiger partial charge in [-0.25, -0.2) is 18.7 Å². The van der Waals surface area contributed by atoms with E-state index in [4.69, 9.17) is 10.5 Å². The first-order valence-electron chi connectivity index (χ1n) is 11.1. The summed E-state index contributed by atoms with van der Waals surface area (Å²) < 4.78 is 20.6. The van der Waals surface area contributed by atoms with E-state index in [9.17, 15) is 14.0 Å². The van der Waals surface area contributed by atoms with Gasteiger partial charge in [-0.3, -0.25) is 4.79 Å². The summed E-state index contributed by atoms with van der Waals surface area (Å²) >= 11 is 0. The number of fused-ring (bicyclic) bond motifs is 1. The van der Waals surface area contributed by atoms with Crippen LogP contribution < -0.4 is 16.4 Å². The highest BCUT2D eigenvalue weighted by atomic mass is 19.1. The standard InChI is InChI=1S/C25H25FN6O3/c1-3-35-21(33)11-7-17-13-32-23(24(27)28-14-29-32)22(17)16-5-8-18(9-6-16)30-25(34)31-20-12-15(2)4-10-19(20)26/h4-6,8-10,12-14H,3,7,11H2,1-2H3,(H2,27,28,29)(H2,30,31,34). The second-order valence-electron chi connectivity index (χ2n) is 7.91. The van der Waals surface area contributed by atoms with E-state index in [1.54, 1.807) is 35.7 Å². The predicted octanol–water partition coefficient (Wildman–Crippen LogP) is 4.57. The molecule has 0 bridgehead atoms. The van der Waals surface area contributed by atoms with Gasteiger partial charge in [-0.15, -0.1) is 0 Å². The Balaban J connectivity index is 1.57. The smallest absolute Gasteiger partial charge is 0.323 e. The van der Waals surface area contributed by atoms with Crippen LogP contribution in [0.1, 0.15) is 24.5 Å². The molecule has 2 heterocycles. The van der Waals surface area contributed by atoms with Crippen molar-refractivity contribution in [1.82, 2.24) is 14.6 Å². The fourth-order valence-electron chi connectivity index (χ4n) is 3.81. The molecule has 0 fully saturated rings. The van der Waals surface area contributed by atoms with Gasteiger partial charge in [-0.05, 0) is 61.2 Å². The Morgan fingerprint density at radius 2 is 1.91 bits per heavy atom. The molecule has 0 unspecified atom stereocenters. The van der Waals surface area contributed by atoms with Gasteiger partial charge in [-0.2, -0.15) is 5.10 Å². The van der Waals surface area contributed by atoms with Crippen LogP contribution >= 0.6 is 0 Å². The van der Waals surface area contributed by atoms with Gasteiger partial charge in [0.2, 0.25) is 0 Å². The normalized spacial score (nSPS) is 10.8. The van der Waals surface area contributed by atoms with Crippen molar-refractivity contribution >= 4 is 34.7 Å². The molecule has 180 valence electrons. The van der Waals surface area contributed by atoms with Crippen molar-refractivity contribution in [1.29, 1.82) is 0 Å². The van der Waals surface area contributed by atoms with Gasteiger partial charge in [0.1, 0.15) is 17.7 Å². The average molecular weight is 477 g/mol. The monoisotopic (exact) mass is 476 g/mol. The molecule has 0 aliphatic rings. The summed E-state index contributed by atoms with van der Waals surface area (Å²) in [7, 11) is 0. The topological polar surface area (TPSA) is 124 Å². The van der Waals surface area contributed by atoms with Gasteiger partial charge in [0.25, 0.3) is 0 Å². The molecule has 0 saturated carbocycles. The zero-order chi connectivity index (χ0) is 24.9. The number of nitrogen functional groups attached to an aromatic ring is 1. The quantitative estimate of drug-likeness (QED) is 0.336. The third-order valence-corrected chi connectivity index (χ3v) is 5.39. The van der Waals surface area contributed by atoms with Crippen molar-refractivity contribution in [3.63, 3.8) is 0 Å². The fourth-order valence-corrected chi connectivity index (χ4v) is 3.81. The maximum atomic E-state index is 13.9. The summed E-state index contributed by atoms with van der Waals surface area (Å²) in [5.74, 6) is -0.501. The number of halogens is 1. The summed E-state index contributed by atoms with van der Waals surface area (Å²) in [6.07, 6.45) is 3.82. The number of urea groups is 1. The first-order chi connectivity index (χ1) is 16.9. The second kappa shape index (κ2) is 10.2.